The lowest BCUT2D eigenvalue weighted by Crippen LogP contribution is -2.01. The van der Waals surface area contributed by atoms with Gasteiger partial charge in [0.25, 0.3) is 0 Å². The molecule has 0 saturated carbocycles. The highest BCUT2D eigenvalue weighted by atomic mass is 79.9. The van der Waals surface area contributed by atoms with E-state index >= 15 is 0 Å². The summed E-state index contributed by atoms with van der Waals surface area (Å²) in [5, 5.41) is 0. The lowest BCUT2D eigenvalue weighted by Gasteiger charge is -2.10. The highest BCUT2D eigenvalue weighted by Crippen LogP contribution is 2.35. The Morgan fingerprint density at radius 1 is 1.11 bits per heavy atom. The number of halogens is 2. The van der Waals surface area contributed by atoms with Gasteiger partial charge in [-0.15, -0.1) is 0 Å². The summed E-state index contributed by atoms with van der Waals surface area (Å²) in [6.07, 6.45) is 5.66. The molecule has 2 aromatic carbocycles. The average molecular weight is 419 g/mol. The Morgan fingerprint density at radius 2 is 1.93 bits per heavy atom. The van der Waals surface area contributed by atoms with Crippen LogP contribution in [0.15, 0.2) is 65.5 Å². The summed E-state index contributed by atoms with van der Waals surface area (Å²) in [4.78, 5) is 7.95. The molecule has 1 aliphatic heterocycles. The Kier molecular flexibility index (Phi) is 3.52. The van der Waals surface area contributed by atoms with Gasteiger partial charge in [0.1, 0.15) is 5.82 Å². The van der Waals surface area contributed by atoms with Crippen LogP contribution < -0.4 is 0 Å². The standard InChI is InChI=1S/C21H12BrFN4/c1-24-16-4-2-13(3-5-16)14-9-20-21-25-6-7-27(21)19-10-18(23)17(22)8-15(19)12-26(20)11-14/h2-11H,12H2. The molecule has 3 heterocycles. The molecule has 4 aromatic rings. The van der Waals surface area contributed by atoms with Gasteiger partial charge in [0.05, 0.1) is 22.4 Å². The van der Waals surface area contributed by atoms with Crippen molar-refractivity contribution in [2.75, 3.05) is 0 Å². The van der Waals surface area contributed by atoms with Crippen molar-refractivity contribution >= 4 is 21.6 Å². The number of rotatable bonds is 1. The topological polar surface area (TPSA) is 27.1 Å². The first-order valence-electron chi connectivity index (χ1n) is 8.34. The molecular weight excluding hydrogens is 407 g/mol. The first-order chi connectivity index (χ1) is 13.1. The zero-order chi connectivity index (χ0) is 18.5. The molecule has 5 rings (SSSR count). The summed E-state index contributed by atoms with van der Waals surface area (Å²) in [5.41, 5.74) is 5.50. The number of nitrogens with zero attached hydrogens (tertiary/aromatic N) is 4. The second-order valence-corrected chi connectivity index (χ2v) is 7.27. The number of aromatic nitrogens is 3. The fourth-order valence-electron chi connectivity index (χ4n) is 3.51. The van der Waals surface area contributed by atoms with Crippen LogP contribution in [0.5, 0.6) is 0 Å². The monoisotopic (exact) mass is 418 g/mol. The van der Waals surface area contributed by atoms with E-state index in [4.69, 9.17) is 6.57 Å². The van der Waals surface area contributed by atoms with Crippen molar-refractivity contribution in [2.45, 2.75) is 6.54 Å². The SMILES string of the molecule is [C-]#[N+]c1ccc(-c2cc3n(c2)Cc2cc(Br)c(F)cc2-n2ccnc2-3)cc1. The van der Waals surface area contributed by atoms with E-state index in [-0.39, 0.29) is 5.82 Å². The van der Waals surface area contributed by atoms with Crippen LogP contribution in [0.2, 0.25) is 0 Å². The van der Waals surface area contributed by atoms with Crippen molar-refractivity contribution in [3.05, 3.63) is 88.3 Å². The molecule has 0 N–H and O–H groups in total. The molecule has 0 bridgehead atoms. The van der Waals surface area contributed by atoms with E-state index in [1.165, 1.54) is 0 Å². The van der Waals surface area contributed by atoms with E-state index in [0.29, 0.717) is 16.7 Å². The maximum atomic E-state index is 14.1. The van der Waals surface area contributed by atoms with Gasteiger partial charge < -0.3 is 4.57 Å². The van der Waals surface area contributed by atoms with Gasteiger partial charge >= 0.3 is 0 Å². The van der Waals surface area contributed by atoms with Crippen LogP contribution in [0.4, 0.5) is 10.1 Å². The molecule has 0 spiro atoms. The summed E-state index contributed by atoms with van der Waals surface area (Å²) >= 11 is 3.29. The predicted molar refractivity (Wildman–Crippen MR) is 105 cm³/mol. The highest BCUT2D eigenvalue weighted by Gasteiger charge is 2.22. The first-order valence-corrected chi connectivity index (χ1v) is 9.13. The second-order valence-electron chi connectivity index (χ2n) is 6.42. The molecule has 6 heteroatoms. The van der Waals surface area contributed by atoms with Gasteiger partial charge in [-0.3, -0.25) is 4.57 Å². The highest BCUT2D eigenvalue weighted by molar-refractivity contribution is 9.10. The van der Waals surface area contributed by atoms with Crippen molar-refractivity contribution in [1.29, 1.82) is 0 Å². The number of hydrogen-bond acceptors (Lipinski definition) is 1. The van der Waals surface area contributed by atoms with Crippen molar-refractivity contribution in [1.82, 2.24) is 14.1 Å². The summed E-state index contributed by atoms with van der Waals surface area (Å²) in [6, 6.07) is 13.0. The zero-order valence-corrected chi connectivity index (χ0v) is 15.6. The normalized spacial score (nSPS) is 11.9. The molecule has 130 valence electrons. The molecule has 0 saturated heterocycles. The third-order valence-corrected chi connectivity index (χ3v) is 5.43. The molecule has 0 radical (unpaired) electrons. The van der Waals surface area contributed by atoms with Gasteiger partial charge in [0, 0.05) is 30.7 Å². The summed E-state index contributed by atoms with van der Waals surface area (Å²) in [6.45, 7) is 7.71. The smallest absolute Gasteiger partial charge is 0.187 e. The molecule has 1 aliphatic rings. The van der Waals surface area contributed by atoms with Crippen LogP contribution >= 0.6 is 15.9 Å². The summed E-state index contributed by atoms with van der Waals surface area (Å²) < 4.78 is 18.6. The zero-order valence-electron chi connectivity index (χ0n) is 14.0. The van der Waals surface area contributed by atoms with E-state index in [0.717, 1.165) is 33.9 Å². The Balaban J connectivity index is 1.69. The molecular formula is C21H12BrFN4. The number of imidazole rings is 1. The maximum Gasteiger partial charge on any atom is 0.187 e. The maximum absolute atomic E-state index is 14.1. The van der Waals surface area contributed by atoms with Crippen molar-refractivity contribution in [2.24, 2.45) is 0 Å². The predicted octanol–water partition coefficient (Wildman–Crippen LogP) is 5.82. The Hall–Kier alpha value is -3.17. The van der Waals surface area contributed by atoms with Gasteiger partial charge in [0.15, 0.2) is 11.5 Å². The van der Waals surface area contributed by atoms with E-state index in [1.54, 1.807) is 12.3 Å². The summed E-state index contributed by atoms with van der Waals surface area (Å²) in [5.74, 6) is 0.486. The van der Waals surface area contributed by atoms with E-state index in [9.17, 15) is 4.39 Å². The van der Waals surface area contributed by atoms with Gasteiger partial charge in [-0.2, -0.15) is 0 Å². The van der Waals surface area contributed by atoms with Crippen LogP contribution in [-0.4, -0.2) is 14.1 Å². The minimum absolute atomic E-state index is 0.291. The Bertz CT molecular complexity index is 1230. The quantitative estimate of drug-likeness (QED) is 0.315. The largest absolute Gasteiger partial charge is 0.340 e. The molecule has 4 nitrogen and oxygen atoms in total. The molecule has 0 aliphatic carbocycles. The first kappa shape index (κ1) is 16.0. The number of hydrogen-bond donors (Lipinski definition) is 0. The Morgan fingerprint density at radius 3 is 2.70 bits per heavy atom. The second kappa shape index (κ2) is 5.93. The van der Waals surface area contributed by atoms with Crippen LogP contribution in [0.3, 0.4) is 0 Å². The molecule has 0 amide bonds. The van der Waals surface area contributed by atoms with Crippen molar-refractivity contribution < 1.29 is 4.39 Å². The van der Waals surface area contributed by atoms with Crippen LogP contribution in [0.1, 0.15) is 5.56 Å². The summed E-state index contributed by atoms with van der Waals surface area (Å²) in [7, 11) is 0. The molecule has 0 unspecified atom stereocenters. The van der Waals surface area contributed by atoms with Gasteiger partial charge in [0.2, 0.25) is 0 Å². The van der Waals surface area contributed by atoms with E-state index < -0.39 is 0 Å². The minimum atomic E-state index is -0.291. The van der Waals surface area contributed by atoms with Gasteiger partial charge in [-0.05, 0) is 45.3 Å². The van der Waals surface area contributed by atoms with Crippen LogP contribution in [0.25, 0.3) is 33.2 Å². The number of benzene rings is 2. The molecule has 0 atom stereocenters. The molecule has 0 fully saturated rings. The third-order valence-electron chi connectivity index (χ3n) is 4.82. The van der Waals surface area contributed by atoms with Crippen LogP contribution in [-0.2, 0) is 6.54 Å². The average Bonchev–Trinajstić information content (AvgIpc) is 3.29. The molecule has 27 heavy (non-hydrogen) atoms. The van der Waals surface area contributed by atoms with E-state index in [1.807, 2.05) is 41.1 Å². The van der Waals surface area contributed by atoms with Crippen LogP contribution in [0, 0.1) is 12.4 Å². The fourth-order valence-corrected chi connectivity index (χ4v) is 3.91. The third kappa shape index (κ3) is 2.51. The number of fused-ring (bicyclic) bond motifs is 5. The van der Waals surface area contributed by atoms with Gasteiger partial charge in [-0.25, -0.2) is 14.2 Å². The minimum Gasteiger partial charge on any atom is -0.340 e. The van der Waals surface area contributed by atoms with Crippen molar-refractivity contribution in [3.63, 3.8) is 0 Å². The van der Waals surface area contributed by atoms with Gasteiger partial charge in [-0.1, -0.05) is 24.3 Å². The lowest BCUT2D eigenvalue weighted by molar-refractivity contribution is 0.618. The van der Waals surface area contributed by atoms with Crippen molar-refractivity contribution in [3.8, 4) is 28.3 Å². The Labute approximate surface area is 163 Å². The lowest BCUT2D eigenvalue weighted by atomic mass is 10.1. The molecule has 2 aromatic heterocycles. The van der Waals surface area contributed by atoms with E-state index in [2.05, 4.69) is 42.6 Å². The fraction of sp³-hybridized carbons (Fsp3) is 0.0476.